The zero-order valence-electron chi connectivity index (χ0n) is 16.7. The van der Waals surface area contributed by atoms with Gasteiger partial charge in [-0.3, -0.25) is 9.78 Å². The second kappa shape index (κ2) is 10.0. The number of carbonyl (C=O) groups is 1. The van der Waals surface area contributed by atoms with Gasteiger partial charge in [-0.25, -0.2) is 23.7 Å². The summed E-state index contributed by atoms with van der Waals surface area (Å²) in [5.74, 6) is -0.204. The van der Waals surface area contributed by atoms with Gasteiger partial charge in [0.2, 0.25) is 5.88 Å². The van der Waals surface area contributed by atoms with Crippen molar-refractivity contribution in [1.82, 2.24) is 14.9 Å². The number of aromatic nitrogens is 2. The predicted molar refractivity (Wildman–Crippen MR) is 105 cm³/mol. The van der Waals surface area contributed by atoms with Gasteiger partial charge in [-0.1, -0.05) is 0 Å². The zero-order chi connectivity index (χ0) is 22.4. The molecule has 0 fully saturated rings. The van der Waals surface area contributed by atoms with Gasteiger partial charge >= 0.3 is 0 Å². The van der Waals surface area contributed by atoms with Gasteiger partial charge in [-0.05, 0) is 36.6 Å². The first-order chi connectivity index (χ1) is 14.9. The Balaban J connectivity index is 1.67. The number of hydrogen-bond acceptors (Lipinski definition) is 7. The molecule has 3 rings (SSSR count). The van der Waals surface area contributed by atoms with Crippen LogP contribution < -0.4 is 10.1 Å². The molecule has 0 saturated heterocycles. The molecule has 0 aromatic carbocycles. The molecule has 8 nitrogen and oxygen atoms in total. The Morgan fingerprint density at radius 2 is 2.13 bits per heavy atom. The predicted octanol–water partition coefficient (Wildman–Crippen LogP) is 4.02. The van der Waals surface area contributed by atoms with Gasteiger partial charge < -0.3 is 15.0 Å². The normalized spacial score (nSPS) is 14.0. The van der Waals surface area contributed by atoms with Crippen molar-refractivity contribution >= 4 is 11.6 Å². The van der Waals surface area contributed by atoms with Crippen LogP contribution >= 0.6 is 0 Å². The van der Waals surface area contributed by atoms with Crippen LogP contribution in [0, 0.1) is 5.53 Å². The number of rotatable bonds is 8. The van der Waals surface area contributed by atoms with Crippen LogP contribution in [-0.4, -0.2) is 40.6 Å². The number of allylic oxidation sites excluding steroid dienone is 1. The van der Waals surface area contributed by atoms with E-state index in [0.29, 0.717) is 42.5 Å². The molecule has 3 heterocycles. The molecule has 0 aliphatic carbocycles. The highest BCUT2D eigenvalue weighted by Crippen LogP contribution is 2.23. The van der Waals surface area contributed by atoms with E-state index in [1.165, 1.54) is 23.2 Å². The average molecular weight is 434 g/mol. The number of ether oxygens (including phenoxy) is 1. The van der Waals surface area contributed by atoms with Crippen LogP contribution in [0.4, 0.5) is 18.9 Å². The maximum Gasteiger partial charge on any atom is 0.280 e. The van der Waals surface area contributed by atoms with E-state index in [0.717, 1.165) is 11.1 Å². The van der Waals surface area contributed by atoms with Crippen LogP contribution in [0.5, 0.6) is 5.88 Å². The van der Waals surface area contributed by atoms with Crippen LogP contribution in [0.25, 0.3) is 0 Å². The molecule has 0 unspecified atom stereocenters. The summed E-state index contributed by atoms with van der Waals surface area (Å²) in [6, 6.07) is 4.42. The second-order valence-electron chi connectivity index (χ2n) is 6.85. The van der Waals surface area contributed by atoms with Gasteiger partial charge in [0.05, 0.1) is 23.3 Å². The fourth-order valence-electron chi connectivity index (χ4n) is 3.02. The van der Waals surface area contributed by atoms with E-state index in [2.05, 4.69) is 20.4 Å². The summed E-state index contributed by atoms with van der Waals surface area (Å²) in [6.07, 6.45) is 0.757. The lowest BCUT2D eigenvalue weighted by atomic mass is 10.0. The number of anilines is 1. The number of nitrogens with one attached hydrogen (secondary N) is 2. The minimum Gasteiger partial charge on any atom is -0.471 e. The topological polar surface area (TPSA) is 104 Å². The van der Waals surface area contributed by atoms with E-state index in [-0.39, 0.29) is 12.3 Å². The molecule has 0 spiro atoms. The highest BCUT2D eigenvalue weighted by Gasteiger charge is 2.21. The first kappa shape index (κ1) is 22.2. The molecule has 1 aliphatic rings. The van der Waals surface area contributed by atoms with Crippen molar-refractivity contribution in [3.8, 4) is 5.88 Å². The molecule has 31 heavy (non-hydrogen) atoms. The first-order valence-corrected chi connectivity index (χ1v) is 9.44. The Bertz CT molecular complexity index is 981. The molecule has 2 aromatic heterocycles. The number of hydrogen-bond donors (Lipinski definition) is 2. The molecule has 2 aromatic rings. The number of alkyl halides is 3. The van der Waals surface area contributed by atoms with Crippen molar-refractivity contribution in [1.29, 1.82) is 5.53 Å². The minimum atomic E-state index is -2.66. The zero-order valence-corrected chi connectivity index (χ0v) is 16.7. The fraction of sp³-hybridized carbons (Fsp3) is 0.350. The standard InChI is InChI=1S/C20H21F3N6O2/c1-12(28-24)17(27-15-2-3-16(20(22)23)25-9-15)11-31-18-6-13-4-5-29(19(30)7-21)10-14(13)8-26-18/h2-3,6,8-9,20,24,27H,4-5,7,10-11H2,1H3/b17-12-,28-24?. The number of pyridine rings is 2. The van der Waals surface area contributed by atoms with E-state index in [1.807, 2.05) is 0 Å². The van der Waals surface area contributed by atoms with Gasteiger partial charge in [-0.2, -0.15) is 5.11 Å². The van der Waals surface area contributed by atoms with Crippen molar-refractivity contribution in [3.63, 3.8) is 0 Å². The third-order valence-corrected chi connectivity index (χ3v) is 4.81. The lowest BCUT2D eigenvalue weighted by molar-refractivity contribution is -0.133. The van der Waals surface area contributed by atoms with E-state index in [1.54, 1.807) is 19.2 Å². The third kappa shape index (κ3) is 5.56. The molecule has 2 N–H and O–H groups in total. The first-order valence-electron chi connectivity index (χ1n) is 9.44. The summed E-state index contributed by atoms with van der Waals surface area (Å²) < 4.78 is 43.6. The Morgan fingerprint density at radius 1 is 1.32 bits per heavy atom. The average Bonchev–Trinajstić information content (AvgIpc) is 2.80. The maximum absolute atomic E-state index is 12.7. The number of fused-ring (bicyclic) bond motifs is 1. The minimum absolute atomic E-state index is 0.00304. The number of amides is 1. The highest BCUT2D eigenvalue weighted by molar-refractivity contribution is 5.77. The molecule has 0 bridgehead atoms. The smallest absolute Gasteiger partial charge is 0.280 e. The largest absolute Gasteiger partial charge is 0.471 e. The van der Waals surface area contributed by atoms with Gasteiger partial charge in [0.25, 0.3) is 12.3 Å². The number of halogens is 3. The van der Waals surface area contributed by atoms with Crippen molar-refractivity contribution in [2.45, 2.75) is 26.3 Å². The van der Waals surface area contributed by atoms with Gasteiger partial charge in [0, 0.05) is 25.4 Å². The number of nitrogens with zero attached hydrogens (tertiary/aromatic N) is 4. The SMILES string of the molecule is C/C(N=N)=C(\COc1cc2c(cn1)CN(C(=O)CF)CC2)Nc1ccc(C(F)F)nc1. The summed E-state index contributed by atoms with van der Waals surface area (Å²) in [4.78, 5) is 20.9. The van der Waals surface area contributed by atoms with Gasteiger partial charge in [-0.15, -0.1) is 0 Å². The lowest BCUT2D eigenvalue weighted by Gasteiger charge is -2.28. The monoisotopic (exact) mass is 434 g/mol. The van der Waals surface area contributed by atoms with Gasteiger partial charge in [0.15, 0.2) is 6.67 Å². The lowest BCUT2D eigenvalue weighted by Crippen LogP contribution is -2.36. The number of carbonyl (C=O) groups excluding carboxylic acids is 1. The van der Waals surface area contributed by atoms with Crippen LogP contribution in [0.1, 0.15) is 30.2 Å². The molecule has 1 aliphatic heterocycles. The van der Waals surface area contributed by atoms with E-state index in [4.69, 9.17) is 10.3 Å². The second-order valence-corrected chi connectivity index (χ2v) is 6.85. The van der Waals surface area contributed by atoms with Crippen molar-refractivity contribution in [2.75, 3.05) is 25.1 Å². The van der Waals surface area contributed by atoms with Crippen LogP contribution in [0.3, 0.4) is 0 Å². The molecule has 164 valence electrons. The fourth-order valence-corrected chi connectivity index (χ4v) is 3.02. The molecular weight excluding hydrogens is 413 g/mol. The summed E-state index contributed by atoms with van der Waals surface area (Å²) in [5.41, 5.74) is 9.94. The summed E-state index contributed by atoms with van der Waals surface area (Å²) in [6.45, 7) is 1.31. The summed E-state index contributed by atoms with van der Waals surface area (Å²) >= 11 is 0. The van der Waals surface area contributed by atoms with Crippen molar-refractivity contribution in [2.24, 2.45) is 5.11 Å². The quantitative estimate of drug-likeness (QED) is 0.611. The van der Waals surface area contributed by atoms with E-state index >= 15 is 0 Å². The van der Waals surface area contributed by atoms with Crippen LogP contribution in [0.15, 0.2) is 47.1 Å². The van der Waals surface area contributed by atoms with Crippen molar-refractivity contribution in [3.05, 3.63) is 58.8 Å². The Kier molecular flexibility index (Phi) is 7.16. The van der Waals surface area contributed by atoms with Crippen molar-refractivity contribution < 1.29 is 22.7 Å². The highest BCUT2D eigenvalue weighted by atomic mass is 19.3. The van der Waals surface area contributed by atoms with E-state index < -0.39 is 19.0 Å². The van der Waals surface area contributed by atoms with Crippen LogP contribution in [0.2, 0.25) is 0 Å². The van der Waals surface area contributed by atoms with E-state index in [9.17, 15) is 18.0 Å². The summed E-state index contributed by atoms with van der Waals surface area (Å²) in [5, 5.41) is 6.38. The van der Waals surface area contributed by atoms with Crippen LogP contribution in [-0.2, 0) is 17.8 Å². The molecule has 0 radical (unpaired) electrons. The molecule has 11 heteroatoms. The Morgan fingerprint density at radius 3 is 2.77 bits per heavy atom. The molecular formula is C20H21F3N6O2. The molecule has 0 saturated carbocycles. The summed E-state index contributed by atoms with van der Waals surface area (Å²) in [7, 11) is 0. The Hall–Kier alpha value is -3.50. The molecule has 0 atom stereocenters. The Labute approximate surface area is 176 Å². The van der Waals surface area contributed by atoms with Gasteiger partial charge in [0.1, 0.15) is 12.3 Å². The molecule has 1 amide bonds. The third-order valence-electron chi connectivity index (χ3n) is 4.81. The maximum atomic E-state index is 12.7.